The fraction of sp³-hybridized carbons (Fsp3) is 0.500. The van der Waals surface area contributed by atoms with Gasteiger partial charge in [0.05, 0.1) is 0 Å². The van der Waals surface area contributed by atoms with Crippen molar-refractivity contribution in [1.29, 1.82) is 0 Å². The summed E-state index contributed by atoms with van der Waals surface area (Å²) in [6.07, 6.45) is 0.483. The number of nitrogens with two attached hydrogens (primary N) is 1. The summed E-state index contributed by atoms with van der Waals surface area (Å²) in [6.45, 7) is 2.87. The summed E-state index contributed by atoms with van der Waals surface area (Å²) < 4.78 is 0. The number of carbonyl (C=O) groups is 1. The first-order valence-electron chi connectivity index (χ1n) is 5.11. The van der Waals surface area contributed by atoms with Gasteiger partial charge in [0.1, 0.15) is 16.8 Å². The van der Waals surface area contributed by atoms with Crippen LogP contribution in [-0.4, -0.2) is 29.0 Å². The molecule has 1 saturated heterocycles. The van der Waals surface area contributed by atoms with Crippen LogP contribution in [0, 0.1) is 12.8 Å². The molecule has 0 saturated carbocycles. The van der Waals surface area contributed by atoms with E-state index in [1.807, 2.05) is 0 Å². The highest BCUT2D eigenvalue weighted by Gasteiger charge is 2.30. The average Bonchev–Trinajstić information content (AvgIpc) is 2.58. The molecule has 0 bridgehead atoms. The van der Waals surface area contributed by atoms with Crippen LogP contribution in [0.25, 0.3) is 0 Å². The molecule has 1 atom stereocenters. The standard InChI is InChI=1S/C10H13ClN4O/c1-6-13-8(11)3-9(14-6)15-5-7(4-12)2-10(15)16/h3,7H,2,4-5,12H2,1H3. The van der Waals surface area contributed by atoms with Gasteiger partial charge in [-0.25, -0.2) is 9.97 Å². The summed E-state index contributed by atoms with van der Waals surface area (Å²) >= 11 is 5.83. The topological polar surface area (TPSA) is 72.1 Å². The zero-order valence-corrected chi connectivity index (χ0v) is 9.74. The summed E-state index contributed by atoms with van der Waals surface area (Å²) in [7, 11) is 0. The zero-order valence-electron chi connectivity index (χ0n) is 8.98. The van der Waals surface area contributed by atoms with Crippen LogP contribution < -0.4 is 10.6 Å². The van der Waals surface area contributed by atoms with Gasteiger partial charge in [-0.05, 0) is 19.4 Å². The van der Waals surface area contributed by atoms with Crippen molar-refractivity contribution in [2.45, 2.75) is 13.3 Å². The van der Waals surface area contributed by atoms with Gasteiger partial charge >= 0.3 is 0 Å². The van der Waals surface area contributed by atoms with Crippen molar-refractivity contribution in [2.24, 2.45) is 11.7 Å². The predicted molar refractivity (Wildman–Crippen MR) is 61.3 cm³/mol. The lowest BCUT2D eigenvalue weighted by Crippen LogP contribution is -2.27. The summed E-state index contributed by atoms with van der Waals surface area (Å²) in [5.74, 6) is 1.39. The molecule has 2 heterocycles. The molecular formula is C10H13ClN4O. The molecule has 0 spiro atoms. The first kappa shape index (κ1) is 11.3. The van der Waals surface area contributed by atoms with E-state index in [2.05, 4.69) is 9.97 Å². The first-order chi connectivity index (χ1) is 7.60. The van der Waals surface area contributed by atoms with Crippen molar-refractivity contribution in [3.8, 4) is 0 Å². The zero-order chi connectivity index (χ0) is 11.7. The third kappa shape index (κ3) is 2.15. The van der Waals surface area contributed by atoms with Crippen LogP contribution in [0.1, 0.15) is 12.2 Å². The molecule has 1 fully saturated rings. The Balaban J connectivity index is 2.27. The van der Waals surface area contributed by atoms with Crippen LogP contribution in [0.2, 0.25) is 5.15 Å². The maximum atomic E-state index is 11.7. The van der Waals surface area contributed by atoms with Gasteiger partial charge < -0.3 is 5.73 Å². The van der Waals surface area contributed by atoms with Gasteiger partial charge in [0.25, 0.3) is 0 Å². The smallest absolute Gasteiger partial charge is 0.228 e. The molecule has 1 aromatic rings. The molecule has 0 aromatic carbocycles. The molecule has 1 amide bonds. The van der Waals surface area contributed by atoms with Crippen LogP contribution in [0.5, 0.6) is 0 Å². The SMILES string of the molecule is Cc1nc(Cl)cc(N2CC(CN)CC2=O)n1. The fourth-order valence-corrected chi connectivity index (χ4v) is 2.04. The maximum Gasteiger partial charge on any atom is 0.228 e. The van der Waals surface area contributed by atoms with Crippen LogP contribution >= 0.6 is 11.6 Å². The lowest BCUT2D eigenvalue weighted by Gasteiger charge is -2.15. The van der Waals surface area contributed by atoms with Gasteiger partial charge in [-0.2, -0.15) is 0 Å². The van der Waals surface area contributed by atoms with Gasteiger partial charge in [-0.15, -0.1) is 0 Å². The van der Waals surface area contributed by atoms with E-state index in [4.69, 9.17) is 17.3 Å². The van der Waals surface area contributed by atoms with Crippen molar-refractivity contribution in [2.75, 3.05) is 18.0 Å². The Bertz CT molecular complexity index is 403. The molecule has 5 nitrogen and oxygen atoms in total. The lowest BCUT2D eigenvalue weighted by atomic mass is 10.1. The Hall–Kier alpha value is -1.20. The Morgan fingerprint density at radius 3 is 2.94 bits per heavy atom. The quantitative estimate of drug-likeness (QED) is 0.775. The first-order valence-corrected chi connectivity index (χ1v) is 5.49. The number of halogens is 1. The highest BCUT2D eigenvalue weighted by molar-refractivity contribution is 6.29. The number of carbonyl (C=O) groups excluding carboxylic acids is 1. The Morgan fingerprint density at radius 2 is 2.38 bits per heavy atom. The Kier molecular flexibility index (Phi) is 3.07. The van der Waals surface area contributed by atoms with Gasteiger partial charge in [0.2, 0.25) is 5.91 Å². The molecule has 1 aromatic heterocycles. The number of aromatic nitrogens is 2. The van der Waals surface area contributed by atoms with Crippen LogP contribution in [0.4, 0.5) is 5.82 Å². The number of rotatable bonds is 2. The number of hydrogen-bond acceptors (Lipinski definition) is 4. The summed E-state index contributed by atoms with van der Waals surface area (Å²) in [5, 5.41) is 0.353. The van der Waals surface area contributed by atoms with Crippen molar-refractivity contribution in [1.82, 2.24) is 9.97 Å². The van der Waals surface area contributed by atoms with Crippen LogP contribution in [0.3, 0.4) is 0 Å². The van der Waals surface area contributed by atoms with Crippen molar-refractivity contribution in [3.63, 3.8) is 0 Å². The average molecular weight is 241 g/mol. The molecule has 1 unspecified atom stereocenters. The molecule has 16 heavy (non-hydrogen) atoms. The van der Waals surface area contributed by atoms with Gasteiger partial charge in [-0.1, -0.05) is 11.6 Å². The molecule has 1 aliphatic heterocycles. The van der Waals surface area contributed by atoms with E-state index in [1.54, 1.807) is 17.9 Å². The van der Waals surface area contributed by atoms with E-state index < -0.39 is 0 Å². The van der Waals surface area contributed by atoms with Crippen molar-refractivity contribution in [3.05, 3.63) is 17.0 Å². The second-order valence-electron chi connectivity index (χ2n) is 3.91. The van der Waals surface area contributed by atoms with Gasteiger partial charge in [0.15, 0.2) is 0 Å². The Morgan fingerprint density at radius 1 is 1.62 bits per heavy atom. The number of amides is 1. The normalized spacial score (nSPS) is 20.6. The van der Waals surface area contributed by atoms with E-state index in [1.165, 1.54) is 0 Å². The van der Waals surface area contributed by atoms with E-state index >= 15 is 0 Å². The highest BCUT2D eigenvalue weighted by Crippen LogP contribution is 2.24. The summed E-state index contributed by atoms with van der Waals surface area (Å²) in [5.41, 5.74) is 5.56. The van der Waals surface area contributed by atoms with Crippen LogP contribution in [0.15, 0.2) is 6.07 Å². The van der Waals surface area contributed by atoms with Gasteiger partial charge in [-0.3, -0.25) is 9.69 Å². The molecule has 86 valence electrons. The summed E-state index contributed by atoms with van der Waals surface area (Å²) in [6, 6.07) is 1.60. The van der Waals surface area contributed by atoms with E-state index in [0.717, 1.165) is 0 Å². The third-order valence-corrected chi connectivity index (χ3v) is 2.80. The lowest BCUT2D eigenvalue weighted by molar-refractivity contribution is -0.117. The number of anilines is 1. The monoisotopic (exact) mass is 240 g/mol. The molecule has 6 heteroatoms. The highest BCUT2D eigenvalue weighted by atomic mass is 35.5. The third-order valence-electron chi connectivity index (χ3n) is 2.61. The molecule has 1 aliphatic rings. The number of aryl methyl sites for hydroxylation is 1. The minimum absolute atomic E-state index is 0.0459. The molecule has 2 N–H and O–H groups in total. The van der Waals surface area contributed by atoms with E-state index in [0.29, 0.717) is 36.3 Å². The van der Waals surface area contributed by atoms with E-state index in [9.17, 15) is 4.79 Å². The fourth-order valence-electron chi connectivity index (χ4n) is 1.82. The molecule has 0 aliphatic carbocycles. The second-order valence-corrected chi connectivity index (χ2v) is 4.29. The van der Waals surface area contributed by atoms with Crippen molar-refractivity contribution >= 4 is 23.3 Å². The Labute approximate surface area is 98.6 Å². The minimum atomic E-state index is 0.0459. The van der Waals surface area contributed by atoms with E-state index in [-0.39, 0.29) is 11.8 Å². The summed E-state index contributed by atoms with van der Waals surface area (Å²) in [4.78, 5) is 21.5. The number of hydrogen-bond donors (Lipinski definition) is 1. The predicted octanol–water partition coefficient (Wildman–Crippen LogP) is 0.750. The second kappa shape index (κ2) is 4.35. The minimum Gasteiger partial charge on any atom is -0.330 e. The molecule has 0 radical (unpaired) electrons. The van der Waals surface area contributed by atoms with Crippen LogP contribution in [-0.2, 0) is 4.79 Å². The molecule has 2 rings (SSSR count). The molecular weight excluding hydrogens is 228 g/mol. The maximum absolute atomic E-state index is 11.7. The van der Waals surface area contributed by atoms with Gasteiger partial charge in [0, 0.05) is 19.0 Å². The number of nitrogens with zero attached hydrogens (tertiary/aromatic N) is 3. The van der Waals surface area contributed by atoms with Crippen molar-refractivity contribution < 1.29 is 4.79 Å². The largest absolute Gasteiger partial charge is 0.330 e.